The van der Waals surface area contributed by atoms with Gasteiger partial charge in [-0.1, -0.05) is 0 Å². The van der Waals surface area contributed by atoms with Crippen LogP contribution < -0.4 is 11.0 Å². The van der Waals surface area contributed by atoms with Crippen molar-refractivity contribution >= 4 is 28.7 Å². The molecule has 1 amide bonds. The fourth-order valence-corrected chi connectivity index (χ4v) is 2.11. The first-order valence-corrected chi connectivity index (χ1v) is 5.17. The molecule has 0 fully saturated rings. The molecule has 0 atom stereocenters. The van der Waals surface area contributed by atoms with Crippen molar-refractivity contribution in [3.05, 3.63) is 22.7 Å². The maximum Gasteiger partial charge on any atom is 0.330 e. The van der Waals surface area contributed by atoms with Gasteiger partial charge in [0.05, 0.1) is 5.52 Å². The minimum atomic E-state index is -1.12. The number of nitrogens with zero attached hydrogens (tertiary/aromatic N) is 3. The fourth-order valence-electron chi connectivity index (χ4n) is 2.11. The van der Waals surface area contributed by atoms with Crippen LogP contribution in [-0.2, 0) is 22.7 Å². The number of carboxylic acid groups (broad SMARTS) is 1. The second kappa shape index (κ2) is 3.42. The molecule has 0 radical (unpaired) electrons. The van der Waals surface area contributed by atoms with Crippen molar-refractivity contribution in [2.45, 2.75) is 13.1 Å². The molecule has 8 heteroatoms. The maximum absolute atomic E-state index is 12.0. The average molecular weight is 248 g/mol. The van der Waals surface area contributed by atoms with Crippen LogP contribution in [-0.4, -0.2) is 31.1 Å². The first kappa shape index (κ1) is 10.5. The summed E-state index contributed by atoms with van der Waals surface area (Å²) in [4.78, 5) is 38.2. The number of hydrogen-bond donors (Lipinski definition) is 2. The Morgan fingerprint density at radius 2 is 2.28 bits per heavy atom. The van der Waals surface area contributed by atoms with Crippen LogP contribution in [0.5, 0.6) is 0 Å². The molecule has 0 aliphatic carbocycles. The van der Waals surface area contributed by atoms with Gasteiger partial charge in [0.1, 0.15) is 18.6 Å². The van der Waals surface area contributed by atoms with Crippen LogP contribution >= 0.6 is 0 Å². The molecule has 3 heterocycles. The lowest BCUT2D eigenvalue weighted by Crippen LogP contribution is -2.33. The molecule has 1 aliphatic heterocycles. The Bertz CT molecular complexity index is 742. The zero-order chi connectivity index (χ0) is 12.9. The molecule has 0 spiro atoms. The van der Waals surface area contributed by atoms with E-state index in [-0.39, 0.29) is 18.3 Å². The Morgan fingerprint density at radius 3 is 3.00 bits per heavy atom. The number of amides is 1. The van der Waals surface area contributed by atoms with Gasteiger partial charge in [-0.2, -0.15) is 0 Å². The Labute approximate surface area is 99.5 Å². The molecule has 0 unspecified atom stereocenters. The molecule has 2 N–H and O–H groups in total. The molecular formula is C10H8N4O4. The Morgan fingerprint density at radius 1 is 1.50 bits per heavy atom. The minimum absolute atomic E-state index is 0.124. The van der Waals surface area contributed by atoms with Gasteiger partial charge in [-0.05, 0) is 6.07 Å². The van der Waals surface area contributed by atoms with Crippen molar-refractivity contribution in [3.8, 4) is 0 Å². The normalized spacial score (nSPS) is 13.7. The number of imidazole rings is 1. The first-order valence-electron chi connectivity index (χ1n) is 5.17. The van der Waals surface area contributed by atoms with E-state index >= 15 is 0 Å². The average Bonchev–Trinajstić information content (AvgIpc) is 2.56. The van der Waals surface area contributed by atoms with Gasteiger partial charge in [-0.15, -0.1) is 0 Å². The van der Waals surface area contributed by atoms with Gasteiger partial charge in [-0.25, -0.2) is 9.78 Å². The molecule has 18 heavy (non-hydrogen) atoms. The summed E-state index contributed by atoms with van der Waals surface area (Å²) in [6, 6.07) is 1.55. The highest BCUT2D eigenvalue weighted by molar-refractivity contribution is 6.01. The summed E-state index contributed by atoms with van der Waals surface area (Å²) in [7, 11) is 0. The number of hydrogen-bond acceptors (Lipinski definition) is 4. The monoisotopic (exact) mass is 248 g/mol. The van der Waals surface area contributed by atoms with E-state index in [1.54, 1.807) is 6.07 Å². The second-order valence-electron chi connectivity index (χ2n) is 3.92. The molecule has 1 aliphatic rings. The number of pyridine rings is 1. The third kappa shape index (κ3) is 1.32. The number of anilines is 1. The first-order chi connectivity index (χ1) is 8.58. The van der Waals surface area contributed by atoms with E-state index in [1.165, 1.54) is 10.8 Å². The summed E-state index contributed by atoms with van der Waals surface area (Å²) in [6.07, 6.45) is 1.42. The van der Waals surface area contributed by atoms with E-state index < -0.39 is 18.2 Å². The van der Waals surface area contributed by atoms with Crippen molar-refractivity contribution in [2.24, 2.45) is 0 Å². The third-order valence-electron chi connectivity index (χ3n) is 2.78. The maximum atomic E-state index is 12.0. The van der Waals surface area contributed by atoms with Crippen LogP contribution in [0.2, 0.25) is 0 Å². The predicted molar refractivity (Wildman–Crippen MR) is 60.3 cm³/mol. The van der Waals surface area contributed by atoms with Crippen molar-refractivity contribution in [3.63, 3.8) is 0 Å². The number of nitrogens with one attached hydrogen (secondary N) is 1. The molecule has 0 aromatic carbocycles. The molecule has 0 saturated heterocycles. The summed E-state index contributed by atoms with van der Waals surface area (Å²) in [5.74, 6) is -1.18. The fraction of sp³-hybridized carbons (Fsp3) is 0.200. The summed E-state index contributed by atoms with van der Waals surface area (Å²) < 4.78 is 2.35. The topological polar surface area (TPSA) is 106 Å². The lowest BCUT2D eigenvalue weighted by Gasteiger charge is -2.13. The van der Waals surface area contributed by atoms with Crippen molar-refractivity contribution in [2.75, 3.05) is 5.32 Å². The molecule has 0 bridgehead atoms. The highest BCUT2D eigenvalue weighted by atomic mass is 16.4. The van der Waals surface area contributed by atoms with E-state index in [9.17, 15) is 14.4 Å². The zero-order valence-electron chi connectivity index (χ0n) is 9.08. The molecule has 3 rings (SSSR count). The number of carboxylic acids is 1. The summed E-state index contributed by atoms with van der Waals surface area (Å²) in [5, 5.41) is 11.4. The van der Waals surface area contributed by atoms with Crippen LogP contribution in [0.15, 0.2) is 17.1 Å². The Hall–Kier alpha value is -2.64. The SMILES string of the molecule is O=C(O)Cn1c(=O)n2c3c(nccc31)NC(=O)C2. The van der Waals surface area contributed by atoms with Crippen LogP contribution in [0.1, 0.15) is 0 Å². The number of carbonyl (C=O) groups is 2. The van der Waals surface area contributed by atoms with Gasteiger partial charge in [-0.3, -0.25) is 18.7 Å². The molecule has 2 aromatic rings. The van der Waals surface area contributed by atoms with Crippen molar-refractivity contribution < 1.29 is 14.7 Å². The summed E-state index contributed by atoms with van der Waals surface area (Å²) in [6.45, 7) is -0.569. The predicted octanol–water partition coefficient (Wildman–Crippen LogP) is -0.765. The standard InChI is InChI=1S/C10H8N4O4/c15-6-3-14-8-5(1-2-11-9(8)12-6)13(10(14)18)4-7(16)17/h1-2H,3-4H2,(H,16,17)(H,11,12,15). The lowest BCUT2D eigenvalue weighted by molar-refractivity contribution is -0.137. The van der Waals surface area contributed by atoms with Gasteiger partial charge < -0.3 is 10.4 Å². The van der Waals surface area contributed by atoms with Crippen LogP contribution in [0.4, 0.5) is 5.82 Å². The van der Waals surface area contributed by atoms with Crippen LogP contribution in [0.3, 0.4) is 0 Å². The van der Waals surface area contributed by atoms with E-state index in [0.29, 0.717) is 11.0 Å². The van der Waals surface area contributed by atoms with Crippen LogP contribution in [0, 0.1) is 0 Å². The summed E-state index contributed by atoms with van der Waals surface area (Å²) in [5.41, 5.74) is 0.396. The van der Waals surface area contributed by atoms with Crippen molar-refractivity contribution in [1.82, 2.24) is 14.1 Å². The van der Waals surface area contributed by atoms with Gasteiger partial charge in [0.25, 0.3) is 0 Å². The largest absolute Gasteiger partial charge is 0.480 e. The molecule has 0 saturated carbocycles. The molecule has 92 valence electrons. The zero-order valence-corrected chi connectivity index (χ0v) is 9.08. The van der Waals surface area contributed by atoms with E-state index in [2.05, 4.69) is 10.3 Å². The second-order valence-corrected chi connectivity index (χ2v) is 3.92. The van der Waals surface area contributed by atoms with Gasteiger partial charge >= 0.3 is 11.7 Å². The van der Waals surface area contributed by atoms with Gasteiger partial charge in [0, 0.05) is 6.20 Å². The molecular weight excluding hydrogens is 240 g/mol. The Balaban J connectivity index is 2.38. The minimum Gasteiger partial charge on any atom is -0.480 e. The van der Waals surface area contributed by atoms with Crippen molar-refractivity contribution in [1.29, 1.82) is 0 Å². The van der Waals surface area contributed by atoms with E-state index in [4.69, 9.17) is 5.11 Å². The Kier molecular flexibility index (Phi) is 2.00. The van der Waals surface area contributed by atoms with E-state index in [1.807, 2.05) is 0 Å². The highest BCUT2D eigenvalue weighted by Crippen LogP contribution is 2.23. The smallest absolute Gasteiger partial charge is 0.330 e. The van der Waals surface area contributed by atoms with Gasteiger partial charge in [0.15, 0.2) is 5.82 Å². The highest BCUT2D eigenvalue weighted by Gasteiger charge is 2.24. The van der Waals surface area contributed by atoms with Crippen LogP contribution in [0.25, 0.3) is 11.0 Å². The molecule has 8 nitrogen and oxygen atoms in total. The quantitative estimate of drug-likeness (QED) is 0.726. The summed E-state index contributed by atoms with van der Waals surface area (Å²) >= 11 is 0. The number of aliphatic carboxylic acids is 1. The number of aromatic nitrogens is 3. The number of carbonyl (C=O) groups excluding carboxylic acids is 1. The third-order valence-corrected chi connectivity index (χ3v) is 2.78. The lowest BCUT2D eigenvalue weighted by atomic mass is 10.3. The molecule has 2 aromatic heterocycles. The number of rotatable bonds is 2. The van der Waals surface area contributed by atoms with Gasteiger partial charge in [0.2, 0.25) is 5.91 Å². The van der Waals surface area contributed by atoms with E-state index in [0.717, 1.165) is 4.57 Å².